The van der Waals surface area contributed by atoms with E-state index in [0.29, 0.717) is 11.5 Å². The van der Waals surface area contributed by atoms with Gasteiger partial charge in [0.2, 0.25) is 0 Å². The van der Waals surface area contributed by atoms with E-state index in [1.807, 2.05) is 0 Å². The van der Waals surface area contributed by atoms with Crippen LogP contribution in [0.4, 0.5) is 14.5 Å². The fraction of sp³-hybridized carbons (Fsp3) is 0.300. The minimum Gasteiger partial charge on any atom is -0.433 e. The number of tetrazole rings is 1. The summed E-state index contributed by atoms with van der Waals surface area (Å²) in [6.45, 7) is -2.58. The molecular formula is C10H11F2N5O. The Morgan fingerprint density at radius 3 is 2.83 bits per heavy atom. The van der Waals surface area contributed by atoms with Crippen molar-refractivity contribution in [2.45, 2.75) is 13.2 Å². The van der Waals surface area contributed by atoms with Crippen molar-refractivity contribution in [3.63, 3.8) is 0 Å². The topological polar surface area (TPSA) is 64.9 Å². The molecule has 1 aromatic heterocycles. The Morgan fingerprint density at radius 2 is 2.17 bits per heavy atom. The molecule has 8 heteroatoms. The molecule has 0 saturated carbocycles. The van der Waals surface area contributed by atoms with Gasteiger partial charge in [-0.3, -0.25) is 0 Å². The molecule has 6 nitrogen and oxygen atoms in total. The van der Waals surface area contributed by atoms with Gasteiger partial charge in [-0.2, -0.15) is 13.6 Å². The van der Waals surface area contributed by atoms with Gasteiger partial charge >= 0.3 is 6.61 Å². The zero-order chi connectivity index (χ0) is 13.0. The van der Waals surface area contributed by atoms with E-state index in [9.17, 15) is 8.78 Å². The SMILES string of the molecule is Cn1nnc(CNc2ccccc2OC(F)F)n1. The number of halogens is 2. The summed E-state index contributed by atoms with van der Waals surface area (Å²) >= 11 is 0. The third-order valence-electron chi connectivity index (χ3n) is 2.09. The molecular weight excluding hydrogens is 244 g/mol. The maximum absolute atomic E-state index is 12.2. The van der Waals surface area contributed by atoms with Gasteiger partial charge in [-0.25, -0.2) is 0 Å². The minimum absolute atomic E-state index is 0.0800. The Balaban J connectivity index is 2.04. The number of hydrogen-bond donors (Lipinski definition) is 1. The molecule has 0 aliphatic heterocycles. The molecule has 1 heterocycles. The van der Waals surface area contributed by atoms with Crippen molar-refractivity contribution in [1.29, 1.82) is 0 Å². The number of ether oxygens (including phenoxy) is 1. The maximum atomic E-state index is 12.2. The van der Waals surface area contributed by atoms with E-state index in [-0.39, 0.29) is 12.3 Å². The molecule has 2 aromatic rings. The van der Waals surface area contributed by atoms with Crippen LogP contribution < -0.4 is 10.1 Å². The number of anilines is 1. The predicted molar refractivity (Wildman–Crippen MR) is 59.2 cm³/mol. The van der Waals surface area contributed by atoms with Gasteiger partial charge in [0, 0.05) is 0 Å². The average Bonchev–Trinajstić information content (AvgIpc) is 2.73. The highest BCUT2D eigenvalue weighted by molar-refractivity contribution is 5.56. The van der Waals surface area contributed by atoms with Crippen LogP contribution in [0.3, 0.4) is 0 Å². The van der Waals surface area contributed by atoms with Gasteiger partial charge < -0.3 is 10.1 Å². The first-order valence-corrected chi connectivity index (χ1v) is 5.16. The molecule has 0 saturated heterocycles. The van der Waals surface area contributed by atoms with Crippen molar-refractivity contribution in [3.05, 3.63) is 30.1 Å². The first-order chi connectivity index (χ1) is 8.65. The minimum atomic E-state index is -2.86. The van der Waals surface area contributed by atoms with Crippen molar-refractivity contribution >= 4 is 5.69 Å². The summed E-state index contributed by atoms with van der Waals surface area (Å²) in [5.74, 6) is 0.542. The highest BCUT2D eigenvalue weighted by Crippen LogP contribution is 2.25. The molecule has 0 fully saturated rings. The van der Waals surface area contributed by atoms with Gasteiger partial charge in [0.15, 0.2) is 5.82 Å². The van der Waals surface area contributed by atoms with Gasteiger partial charge in [0.05, 0.1) is 19.3 Å². The van der Waals surface area contributed by atoms with Gasteiger partial charge in [-0.15, -0.1) is 10.2 Å². The standard InChI is InChI=1S/C10H11F2N5O/c1-17-15-9(14-16-17)6-13-7-4-2-3-5-8(7)18-10(11)12/h2-5,10,13H,6H2,1H3. The molecule has 2 rings (SSSR count). The Morgan fingerprint density at radius 1 is 1.39 bits per heavy atom. The number of para-hydroxylation sites is 2. The summed E-state index contributed by atoms with van der Waals surface area (Å²) in [4.78, 5) is 1.32. The number of aryl methyl sites for hydroxylation is 1. The van der Waals surface area contributed by atoms with Crippen LogP contribution in [0.1, 0.15) is 5.82 Å². The summed E-state index contributed by atoms with van der Waals surface area (Å²) in [6, 6.07) is 6.42. The number of hydrogen-bond acceptors (Lipinski definition) is 5. The summed E-state index contributed by atoms with van der Waals surface area (Å²) in [7, 11) is 1.64. The summed E-state index contributed by atoms with van der Waals surface area (Å²) < 4.78 is 28.7. The summed E-state index contributed by atoms with van der Waals surface area (Å²) in [6.07, 6.45) is 0. The lowest BCUT2D eigenvalue weighted by Gasteiger charge is -2.11. The lowest BCUT2D eigenvalue weighted by molar-refractivity contribution is -0.0493. The zero-order valence-electron chi connectivity index (χ0n) is 9.55. The summed E-state index contributed by atoms with van der Waals surface area (Å²) in [5.41, 5.74) is 0.449. The third-order valence-corrected chi connectivity index (χ3v) is 2.09. The Labute approximate surface area is 102 Å². The fourth-order valence-electron chi connectivity index (χ4n) is 1.38. The number of alkyl halides is 2. The highest BCUT2D eigenvalue weighted by Gasteiger charge is 2.09. The molecule has 0 spiro atoms. The van der Waals surface area contributed by atoms with Crippen LogP contribution in [-0.4, -0.2) is 26.8 Å². The lowest BCUT2D eigenvalue weighted by atomic mass is 10.3. The van der Waals surface area contributed by atoms with Crippen molar-refractivity contribution in [1.82, 2.24) is 20.2 Å². The van der Waals surface area contributed by atoms with E-state index in [1.54, 1.807) is 25.2 Å². The van der Waals surface area contributed by atoms with E-state index in [0.717, 1.165) is 0 Å². The van der Waals surface area contributed by atoms with Crippen LogP contribution in [0, 0.1) is 0 Å². The van der Waals surface area contributed by atoms with Crippen LogP contribution in [0.15, 0.2) is 24.3 Å². The number of rotatable bonds is 5. The predicted octanol–water partition coefficient (Wildman–Crippen LogP) is 1.42. The van der Waals surface area contributed by atoms with E-state index >= 15 is 0 Å². The van der Waals surface area contributed by atoms with Crippen molar-refractivity contribution in [3.8, 4) is 5.75 Å². The van der Waals surface area contributed by atoms with Gasteiger partial charge in [0.1, 0.15) is 5.75 Å². The number of benzene rings is 1. The van der Waals surface area contributed by atoms with Gasteiger partial charge in [0.25, 0.3) is 0 Å². The second-order valence-corrected chi connectivity index (χ2v) is 3.42. The van der Waals surface area contributed by atoms with E-state index in [2.05, 4.69) is 25.5 Å². The molecule has 0 atom stereocenters. The largest absolute Gasteiger partial charge is 0.433 e. The van der Waals surface area contributed by atoms with Crippen LogP contribution in [0.2, 0.25) is 0 Å². The first kappa shape index (κ1) is 12.2. The normalized spacial score (nSPS) is 10.7. The molecule has 0 bridgehead atoms. The summed E-state index contributed by atoms with van der Waals surface area (Å²) in [5, 5.41) is 14.3. The van der Waals surface area contributed by atoms with E-state index < -0.39 is 6.61 Å². The van der Waals surface area contributed by atoms with E-state index in [4.69, 9.17) is 0 Å². The van der Waals surface area contributed by atoms with E-state index in [1.165, 1.54) is 10.9 Å². The van der Waals surface area contributed by atoms with Crippen LogP contribution in [0.25, 0.3) is 0 Å². The molecule has 0 unspecified atom stereocenters. The molecule has 0 amide bonds. The Hall–Kier alpha value is -2.25. The lowest BCUT2D eigenvalue weighted by Crippen LogP contribution is -2.07. The smallest absolute Gasteiger partial charge is 0.387 e. The molecule has 18 heavy (non-hydrogen) atoms. The molecule has 0 aliphatic carbocycles. The van der Waals surface area contributed by atoms with Crippen LogP contribution in [-0.2, 0) is 13.6 Å². The van der Waals surface area contributed by atoms with Crippen LogP contribution in [0.5, 0.6) is 5.75 Å². The molecule has 0 aliphatic rings. The number of nitrogens with zero attached hydrogens (tertiary/aromatic N) is 4. The number of nitrogens with one attached hydrogen (secondary N) is 1. The Kier molecular flexibility index (Phi) is 3.66. The third kappa shape index (κ3) is 3.12. The fourth-order valence-corrected chi connectivity index (χ4v) is 1.38. The monoisotopic (exact) mass is 255 g/mol. The molecule has 96 valence electrons. The van der Waals surface area contributed by atoms with Crippen molar-refractivity contribution in [2.24, 2.45) is 7.05 Å². The second kappa shape index (κ2) is 5.39. The maximum Gasteiger partial charge on any atom is 0.387 e. The quantitative estimate of drug-likeness (QED) is 0.875. The average molecular weight is 255 g/mol. The molecule has 1 aromatic carbocycles. The van der Waals surface area contributed by atoms with Gasteiger partial charge in [-0.05, 0) is 17.3 Å². The second-order valence-electron chi connectivity index (χ2n) is 3.42. The zero-order valence-corrected chi connectivity index (χ0v) is 9.55. The number of aromatic nitrogens is 4. The van der Waals surface area contributed by atoms with Gasteiger partial charge in [-0.1, -0.05) is 12.1 Å². The first-order valence-electron chi connectivity index (χ1n) is 5.16. The van der Waals surface area contributed by atoms with Crippen molar-refractivity contribution < 1.29 is 13.5 Å². The molecule has 1 N–H and O–H groups in total. The van der Waals surface area contributed by atoms with Crippen LogP contribution >= 0.6 is 0 Å². The Bertz CT molecular complexity index is 516. The highest BCUT2D eigenvalue weighted by atomic mass is 19.3. The molecule has 0 radical (unpaired) electrons. The van der Waals surface area contributed by atoms with Crippen molar-refractivity contribution in [2.75, 3.05) is 5.32 Å².